The molecule has 0 amide bonds. The second-order valence-electron chi connectivity index (χ2n) is 2.81. The molecule has 110 valence electrons. The molecule has 0 aromatic carbocycles. The summed E-state index contributed by atoms with van der Waals surface area (Å²) in [5, 5.41) is 0. The highest BCUT2D eigenvalue weighted by Crippen LogP contribution is 2.48. The lowest BCUT2D eigenvalue weighted by Crippen LogP contribution is -2.63. The summed E-state index contributed by atoms with van der Waals surface area (Å²) < 4.78 is 102. The maximum atomic E-state index is 13.2. The lowest BCUT2D eigenvalue weighted by Gasteiger charge is -2.34. The van der Waals surface area contributed by atoms with Crippen LogP contribution in [0.15, 0.2) is 0 Å². The van der Waals surface area contributed by atoms with Crippen LogP contribution in [-0.4, -0.2) is 48.6 Å². The van der Waals surface area contributed by atoms with Gasteiger partial charge in [-0.3, -0.25) is 0 Å². The van der Waals surface area contributed by atoms with Gasteiger partial charge in [0.1, 0.15) is 0 Å². The van der Waals surface area contributed by atoms with Gasteiger partial charge in [-0.15, -0.1) is 0 Å². The molecule has 0 heterocycles. The summed E-state index contributed by atoms with van der Waals surface area (Å²) in [4.78, 5) is 0. The van der Waals surface area contributed by atoms with Gasteiger partial charge in [0.25, 0.3) is 0 Å². The molecule has 0 aliphatic heterocycles. The molecular formula is C6H9F7O4Si. The lowest BCUT2D eigenvalue weighted by molar-refractivity contribution is -0.418. The Kier molecular flexibility index (Phi) is 5.16. The molecule has 4 nitrogen and oxygen atoms in total. The first-order valence-corrected chi connectivity index (χ1v) is 5.70. The molecule has 0 bridgehead atoms. The SMILES string of the molecule is CO[Si](OC)(OC)OC(F)(C(F)(F)F)C(F)(F)F. The molecule has 0 radical (unpaired) electrons. The number of hydrogen-bond donors (Lipinski definition) is 0. The third-order valence-corrected chi connectivity index (χ3v) is 3.78. The Morgan fingerprint density at radius 3 is 1.11 bits per heavy atom. The fourth-order valence-electron chi connectivity index (χ4n) is 0.824. The molecule has 0 aliphatic rings. The van der Waals surface area contributed by atoms with E-state index >= 15 is 0 Å². The maximum absolute atomic E-state index is 13.2. The quantitative estimate of drug-likeness (QED) is 0.576. The van der Waals surface area contributed by atoms with E-state index in [1.54, 1.807) is 0 Å². The first-order chi connectivity index (χ1) is 7.89. The van der Waals surface area contributed by atoms with E-state index in [4.69, 9.17) is 0 Å². The van der Waals surface area contributed by atoms with Crippen LogP contribution in [0.4, 0.5) is 30.7 Å². The van der Waals surface area contributed by atoms with Crippen LogP contribution in [0.5, 0.6) is 0 Å². The minimum Gasteiger partial charge on any atom is -0.355 e. The Labute approximate surface area is 98.1 Å². The minimum atomic E-state index is -6.38. The van der Waals surface area contributed by atoms with Crippen LogP contribution in [0, 0.1) is 0 Å². The predicted molar refractivity (Wildman–Crippen MR) is 43.8 cm³/mol. The zero-order chi connectivity index (χ0) is 14.8. The van der Waals surface area contributed by atoms with Gasteiger partial charge in [-0.2, -0.15) is 30.7 Å². The van der Waals surface area contributed by atoms with E-state index in [0.29, 0.717) is 21.3 Å². The molecule has 12 heteroatoms. The summed E-state index contributed by atoms with van der Waals surface area (Å²) in [6.45, 7) is 0. The first-order valence-electron chi connectivity index (χ1n) is 4.07. The highest BCUT2D eigenvalue weighted by Gasteiger charge is 2.78. The average molecular weight is 306 g/mol. The van der Waals surface area contributed by atoms with E-state index in [0.717, 1.165) is 0 Å². The third-order valence-electron chi connectivity index (χ3n) is 1.74. The summed E-state index contributed by atoms with van der Waals surface area (Å²) in [6.07, 6.45) is -12.8. The monoisotopic (exact) mass is 306 g/mol. The number of hydrogen-bond acceptors (Lipinski definition) is 4. The van der Waals surface area contributed by atoms with E-state index in [1.165, 1.54) is 0 Å². The van der Waals surface area contributed by atoms with Crippen LogP contribution < -0.4 is 0 Å². The molecule has 0 saturated carbocycles. The first kappa shape index (κ1) is 17.6. The highest BCUT2D eigenvalue weighted by atomic mass is 28.4. The van der Waals surface area contributed by atoms with Crippen LogP contribution in [0.3, 0.4) is 0 Å². The third kappa shape index (κ3) is 3.11. The van der Waals surface area contributed by atoms with E-state index in [2.05, 4.69) is 17.7 Å². The van der Waals surface area contributed by atoms with E-state index in [9.17, 15) is 30.7 Å². The van der Waals surface area contributed by atoms with Crippen molar-refractivity contribution in [1.82, 2.24) is 0 Å². The van der Waals surface area contributed by atoms with E-state index < -0.39 is 27.3 Å². The fourth-order valence-corrected chi connectivity index (χ4v) is 2.15. The number of alkyl halides is 7. The van der Waals surface area contributed by atoms with Crippen LogP contribution >= 0.6 is 0 Å². The number of halogens is 7. The molecule has 0 unspecified atom stereocenters. The summed E-state index contributed by atoms with van der Waals surface area (Å²) in [7, 11) is -2.91. The summed E-state index contributed by atoms with van der Waals surface area (Å²) in [6, 6.07) is 0. The predicted octanol–water partition coefficient (Wildman–Crippen LogP) is 2.17. The second-order valence-corrected chi connectivity index (χ2v) is 5.23. The van der Waals surface area contributed by atoms with Gasteiger partial charge >= 0.3 is 27.3 Å². The second kappa shape index (κ2) is 5.28. The van der Waals surface area contributed by atoms with Crippen LogP contribution in [0.1, 0.15) is 0 Å². The van der Waals surface area contributed by atoms with Crippen LogP contribution in [0.25, 0.3) is 0 Å². The van der Waals surface area contributed by atoms with Crippen molar-refractivity contribution in [2.75, 3.05) is 21.3 Å². The Bertz CT molecular complexity index is 252. The highest BCUT2D eigenvalue weighted by molar-refractivity contribution is 6.53. The Morgan fingerprint density at radius 1 is 0.667 bits per heavy atom. The van der Waals surface area contributed by atoms with Gasteiger partial charge in [0.05, 0.1) is 0 Å². The molecule has 0 atom stereocenters. The van der Waals surface area contributed by atoms with Crippen molar-refractivity contribution in [2.24, 2.45) is 0 Å². The van der Waals surface area contributed by atoms with Crippen molar-refractivity contribution in [3.63, 3.8) is 0 Å². The van der Waals surface area contributed by atoms with Gasteiger partial charge in [0.15, 0.2) is 0 Å². The van der Waals surface area contributed by atoms with Crippen molar-refractivity contribution in [1.29, 1.82) is 0 Å². The smallest absolute Gasteiger partial charge is 0.355 e. The largest absolute Gasteiger partial charge is 0.681 e. The molecule has 0 aliphatic carbocycles. The zero-order valence-electron chi connectivity index (χ0n) is 9.28. The molecule has 0 N–H and O–H groups in total. The molecule has 0 spiro atoms. The van der Waals surface area contributed by atoms with Gasteiger partial charge in [0, 0.05) is 21.3 Å². The van der Waals surface area contributed by atoms with Crippen molar-refractivity contribution >= 4 is 9.05 Å². The van der Waals surface area contributed by atoms with Gasteiger partial charge < -0.3 is 17.7 Å². The lowest BCUT2D eigenvalue weighted by atomic mass is 10.3. The van der Waals surface area contributed by atoms with Crippen LogP contribution in [-0.2, 0) is 17.7 Å². The van der Waals surface area contributed by atoms with Gasteiger partial charge in [-0.1, -0.05) is 0 Å². The Morgan fingerprint density at radius 2 is 0.944 bits per heavy atom. The van der Waals surface area contributed by atoms with E-state index in [-0.39, 0.29) is 0 Å². The molecule has 0 aromatic rings. The maximum Gasteiger partial charge on any atom is 0.681 e. The molecule has 0 rings (SSSR count). The topological polar surface area (TPSA) is 36.9 Å². The van der Waals surface area contributed by atoms with Crippen molar-refractivity contribution in [3.8, 4) is 0 Å². The van der Waals surface area contributed by atoms with Crippen LogP contribution in [0.2, 0.25) is 0 Å². The fraction of sp³-hybridized carbons (Fsp3) is 1.00. The minimum absolute atomic E-state index is 0.659. The van der Waals surface area contributed by atoms with Gasteiger partial charge in [-0.25, -0.2) is 0 Å². The summed E-state index contributed by atoms with van der Waals surface area (Å²) >= 11 is 0. The standard InChI is InChI=1S/C6H9F7O4Si/c1-14-18(15-2,16-3)17-4(7,5(8,9)10)6(11,12)13/h1-3H3. The van der Waals surface area contributed by atoms with Crippen molar-refractivity contribution in [2.45, 2.75) is 18.2 Å². The molecule has 0 saturated heterocycles. The summed E-state index contributed by atoms with van der Waals surface area (Å²) in [5.41, 5.74) is 0. The molecular weight excluding hydrogens is 297 g/mol. The Balaban J connectivity index is 5.53. The normalized spacial score (nSPS) is 15.0. The summed E-state index contributed by atoms with van der Waals surface area (Å²) in [5.74, 6) is -5.95. The van der Waals surface area contributed by atoms with Crippen molar-refractivity contribution < 1.29 is 48.4 Å². The van der Waals surface area contributed by atoms with Gasteiger partial charge in [-0.05, 0) is 0 Å². The van der Waals surface area contributed by atoms with Gasteiger partial charge in [0.2, 0.25) is 0 Å². The van der Waals surface area contributed by atoms with E-state index in [1.807, 2.05) is 0 Å². The average Bonchev–Trinajstić information content (AvgIpc) is 2.23. The molecule has 0 fully saturated rings. The van der Waals surface area contributed by atoms with Crippen molar-refractivity contribution in [3.05, 3.63) is 0 Å². The molecule has 18 heavy (non-hydrogen) atoms. The zero-order valence-corrected chi connectivity index (χ0v) is 10.3. The Hall–Kier alpha value is -0.433. The molecule has 0 aromatic heterocycles. The number of rotatable bonds is 5.